The van der Waals surface area contributed by atoms with E-state index in [-0.39, 0.29) is 35.4 Å². The molecule has 2 aliphatic rings. The van der Waals surface area contributed by atoms with Crippen LogP contribution in [0.25, 0.3) is 0 Å². The van der Waals surface area contributed by atoms with Crippen LogP contribution < -0.4 is 4.74 Å². The molecule has 2 atom stereocenters. The summed E-state index contributed by atoms with van der Waals surface area (Å²) in [6.45, 7) is 5.00. The van der Waals surface area contributed by atoms with Crippen LogP contribution in [0, 0.1) is 0 Å². The topological polar surface area (TPSA) is 90.2 Å². The van der Waals surface area contributed by atoms with Crippen LogP contribution >= 0.6 is 0 Å². The van der Waals surface area contributed by atoms with Crippen LogP contribution in [0.15, 0.2) is 54.6 Å². The highest BCUT2D eigenvalue weighted by Gasteiger charge is 2.32. The van der Waals surface area contributed by atoms with Crippen molar-refractivity contribution in [3.8, 4) is 23.0 Å². The van der Waals surface area contributed by atoms with E-state index in [1.54, 1.807) is 12.1 Å². The Bertz CT molecular complexity index is 1250. The second-order valence-corrected chi connectivity index (χ2v) is 10.4. The normalized spacial score (nSPS) is 20.0. The van der Waals surface area contributed by atoms with Crippen molar-refractivity contribution in [2.75, 3.05) is 19.7 Å². The van der Waals surface area contributed by atoms with E-state index in [1.807, 2.05) is 36.4 Å². The van der Waals surface area contributed by atoms with Crippen LogP contribution in [0.5, 0.6) is 23.0 Å². The minimum atomic E-state index is -0.169. The number of nitrogens with zero attached hydrogens (tertiary/aromatic N) is 1. The third kappa shape index (κ3) is 5.59. The number of hydrogen-bond donors (Lipinski definition) is 3. The number of benzene rings is 3. The Balaban J connectivity index is 1.31. The Hall–Kier alpha value is -3.51. The molecule has 0 saturated carbocycles. The number of Topliss-reactive ketones (excluding diaryl/α,β-unsaturated/α-hetero) is 1. The fourth-order valence-corrected chi connectivity index (χ4v) is 5.79. The summed E-state index contributed by atoms with van der Waals surface area (Å²) >= 11 is 0. The van der Waals surface area contributed by atoms with Crippen molar-refractivity contribution in [2.45, 2.75) is 57.4 Å². The summed E-state index contributed by atoms with van der Waals surface area (Å²) in [7, 11) is 0. The number of ketones is 1. The molecule has 3 aromatic rings. The Morgan fingerprint density at radius 2 is 1.70 bits per heavy atom. The molecule has 194 valence electrons. The lowest BCUT2D eigenvalue weighted by atomic mass is 9.76. The maximum Gasteiger partial charge on any atom is 0.167 e. The van der Waals surface area contributed by atoms with E-state index in [0.717, 1.165) is 30.0 Å². The van der Waals surface area contributed by atoms with Gasteiger partial charge >= 0.3 is 0 Å². The van der Waals surface area contributed by atoms with Crippen LogP contribution in [0.3, 0.4) is 0 Å². The number of likely N-dealkylation sites (tertiary alicyclic amines) is 1. The van der Waals surface area contributed by atoms with E-state index in [0.29, 0.717) is 42.2 Å². The van der Waals surface area contributed by atoms with Gasteiger partial charge in [0.05, 0.1) is 5.56 Å². The van der Waals surface area contributed by atoms with E-state index in [1.165, 1.54) is 25.3 Å². The van der Waals surface area contributed by atoms with Crippen LogP contribution in [-0.4, -0.2) is 51.7 Å². The number of phenolic OH excluding ortho intramolecular Hbond substituents is 3. The first-order valence-electron chi connectivity index (χ1n) is 13.2. The molecule has 1 saturated heterocycles. The van der Waals surface area contributed by atoms with Gasteiger partial charge in [0.2, 0.25) is 0 Å². The minimum Gasteiger partial charge on any atom is -0.508 e. The molecule has 0 aromatic heterocycles. The number of rotatable bonds is 7. The smallest absolute Gasteiger partial charge is 0.167 e. The number of carbonyl (C=O) groups excluding carboxylic acids is 1. The van der Waals surface area contributed by atoms with Crippen LogP contribution in [0.4, 0.5) is 0 Å². The zero-order valence-electron chi connectivity index (χ0n) is 21.3. The number of aromatic hydroxyl groups is 3. The highest BCUT2D eigenvalue weighted by Crippen LogP contribution is 2.42. The van der Waals surface area contributed by atoms with Crippen LogP contribution in [0.2, 0.25) is 0 Å². The van der Waals surface area contributed by atoms with Crippen LogP contribution in [-0.2, 0) is 12.8 Å². The fraction of sp³-hybridized carbons (Fsp3) is 0.387. The summed E-state index contributed by atoms with van der Waals surface area (Å²) in [6.07, 6.45) is 5.07. The number of phenols is 3. The van der Waals surface area contributed by atoms with E-state index in [2.05, 4.69) is 11.8 Å². The van der Waals surface area contributed by atoms with Gasteiger partial charge in [-0.05, 0) is 79.6 Å². The van der Waals surface area contributed by atoms with Gasteiger partial charge in [-0.15, -0.1) is 0 Å². The quantitative estimate of drug-likeness (QED) is 0.393. The number of piperidine rings is 1. The van der Waals surface area contributed by atoms with Crippen molar-refractivity contribution in [1.29, 1.82) is 0 Å². The van der Waals surface area contributed by atoms with Crippen LogP contribution in [0.1, 0.15) is 71.1 Å². The monoisotopic (exact) mass is 501 g/mol. The summed E-state index contributed by atoms with van der Waals surface area (Å²) in [6, 6.07) is 16.7. The lowest BCUT2D eigenvalue weighted by Crippen LogP contribution is -2.39. The van der Waals surface area contributed by atoms with Gasteiger partial charge in [-0.3, -0.25) is 9.69 Å². The second-order valence-electron chi connectivity index (χ2n) is 10.4. The molecule has 3 aromatic carbocycles. The van der Waals surface area contributed by atoms with Gasteiger partial charge < -0.3 is 20.1 Å². The summed E-state index contributed by atoms with van der Waals surface area (Å²) in [5.74, 6) is 0.594. The molecule has 2 unspecified atom stereocenters. The summed E-state index contributed by atoms with van der Waals surface area (Å²) in [5.41, 5.74) is 3.61. The fourth-order valence-electron chi connectivity index (χ4n) is 5.79. The number of ether oxygens (including phenoxy) is 1. The number of hydrogen-bond acceptors (Lipinski definition) is 6. The predicted octanol–water partition coefficient (Wildman–Crippen LogP) is 5.56. The molecule has 1 fully saturated rings. The first-order valence-corrected chi connectivity index (χ1v) is 13.2. The van der Waals surface area contributed by atoms with Crippen molar-refractivity contribution >= 4 is 5.78 Å². The average Bonchev–Trinajstić information content (AvgIpc) is 2.88. The first-order chi connectivity index (χ1) is 17.9. The van der Waals surface area contributed by atoms with Crippen molar-refractivity contribution in [3.63, 3.8) is 0 Å². The number of carbonyl (C=O) groups is 1. The first kappa shape index (κ1) is 25.2. The third-order valence-electron chi connectivity index (χ3n) is 7.92. The highest BCUT2D eigenvalue weighted by molar-refractivity contribution is 6.02. The minimum absolute atomic E-state index is 0.00798. The molecule has 1 aliphatic heterocycles. The third-order valence-corrected chi connectivity index (χ3v) is 7.92. The maximum absolute atomic E-state index is 13.0. The van der Waals surface area contributed by atoms with Gasteiger partial charge in [0.25, 0.3) is 0 Å². The molecule has 0 spiro atoms. The molecule has 5 rings (SSSR count). The SMILES string of the molecule is CC1CCCCN1CCOc1ccc(Cc2c(O)cc(O)c3c2CC(c2ccc(O)cc2)CC3=O)cc1. The van der Waals surface area contributed by atoms with E-state index >= 15 is 0 Å². The van der Waals surface area contributed by atoms with Gasteiger partial charge in [0.15, 0.2) is 5.78 Å². The summed E-state index contributed by atoms with van der Waals surface area (Å²) in [5, 5.41) is 30.9. The molecule has 6 heteroatoms. The molecule has 0 amide bonds. The molecule has 37 heavy (non-hydrogen) atoms. The van der Waals surface area contributed by atoms with Gasteiger partial charge in [0.1, 0.15) is 29.6 Å². The zero-order chi connectivity index (χ0) is 25.9. The van der Waals surface area contributed by atoms with Gasteiger partial charge in [-0.1, -0.05) is 30.7 Å². The molecule has 1 heterocycles. The van der Waals surface area contributed by atoms with E-state index < -0.39 is 0 Å². The van der Waals surface area contributed by atoms with Crippen molar-refractivity contribution in [1.82, 2.24) is 4.90 Å². The second kappa shape index (κ2) is 10.9. The molecule has 0 radical (unpaired) electrons. The molecule has 0 bridgehead atoms. The van der Waals surface area contributed by atoms with Gasteiger partial charge in [-0.25, -0.2) is 0 Å². The lowest BCUT2D eigenvalue weighted by Gasteiger charge is -2.33. The van der Waals surface area contributed by atoms with Gasteiger partial charge in [-0.2, -0.15) is 0 Å². The van der Waals surface area contributed by atoms with Crippen molar-refractivity contribution < 1.29 is 24.9 Å². The number of fused-ring (bicyclic) bond motifs is 1. The van der Waals surface area contributed by atoms with E-state index in [4.69, 9.17) is 4.74 Å². The largest absolute Gasteiger partial charge is 0.508 e. The highest BCUT2D eigenvalue weighted by atomic mass is 16.5. The Morgan fingerprint density at radius 3 is 2.43 bits per heavy atom. The predicted molar refractivity (Wildman–Crippen MR) is 143 cm³/mol. The molecular weight excluding hydrogens is 466 g/mol. The molecule has 1 aliphatic carbocycles. The van der Waals surface area contributed by atoms with Crippen molar-refractivity contribution in [3.05, 3.63) is 82.4 Å². The Kier molecular flexibility index (Phi) is 7.38. The lowest BCUT2D eigenvalue weighted by molar-refractivity contribution is 0.0961. The molecule has 3 N–H and O–H groups in total. The maximum atomic E-state index is 13.0. The Labute approximate surface area is 218 Å². The van der Waals surface area contributed by atoms with Gasteiger partial charge in [0, 0.05) is 37.1 Å². The van der Waals surface area contributed by atoms with Crippen molar-refractivity contribution in [2.24, 2.45) is 0 Å². The summed E-state index contributed by atoms with van der Waals surface area (Å²) < 4.78 is 5.99. The summed E-state index contributed by atoms with van der Waals surface area (Å²) in [4.78, 5) is 15.5. The Morgan fingerprint density at radius 1 is 0.946 bits per heavy atom. The molecular formula is C31H35NO5. The zero-order valence-corrected chi connectivity index (χ0v) is 21.3. The van der Waals surface area contributed by atoms with E-state index in [9.17, 15) is 20.1 Å². The standard InChI is InChI=1S/C31H35NO5/c1-20-4-2-3-13-32(20)14-15-37-25-11-5-21(6-12-25)16-26-27-17-23(22-7-9-24(33)10-8-22)18-29(35)31(27)30(36)19-28(26)34/h5-12,19-20,23,33-34,36H,2-4,13-18H2,1H3. The average molecular weight is 502 g/mol. The molecule has 6 nitrogen and oxygen atoms in total.